The summed E-state index contributed by atoms with van der Waals surface area (Å²) in [4.78, 5) is 9.37. The molecule has 2 aromatic heterocycles. The lowest BCUT2D eigenvalue weighted by Gasteiger charge is -2.04. The maximum atomic E-state index is 9.52. The number of aromatic nitrogens is 3. The van der Waals surface area contributed by atoms with Gasteiger partial charge in [0.2, 0.25) is 5.51 Å². The molecule has 0 amide bonds. The molecule has 2 heterocycles. The average Bonchev–Trinajstić information content (AvgIpc) is 2.74. The van der Waals surface area contributed by atoms with Gasteiger partial charge in [-0.2, -0.15) is 4.57 Å². The van der Waals surface area contributed by atoms with Crippen molar-refractivity contribution >= 4 is 29.6 Å². The molecule has 1 atom stereocenters. The van der Waals surface area contributed by atoms with Crippen LogP contribution in [-0.2, 0) is 13.0 Å². The molecule has 2 rings (SSSR count). The van der Waals surface area contributed by atoms with Crippen LogP contribution in [0.15, 0.2) is 11.7 Å². The van der Waals surface area contributed by atoms with Gasteiger partial charge in [0.25, 0.3) is 0 Å². The highest BCUT2D eigenvalue weighted by Gasteiger charge is 2.19. The highest BCUT2D eigenvalue weighted by molar-refractivity contribution is 7.09. The fourth-order valence-corrected chi connectivity index (χ4v) is 2.96. The number of aliphatic hydroxyl groups is 2. The summed E-state index contributed by atoms with van der Waals surface area (Å²) in [7, 11) is 0. The molecule has 0 aliphatic carbocycles. The number of hydrogen-bond acceptors (Lipinski definition) is 6. The highest BCUT2D eigenvalue weighted by Crippen LogP contribution is 2.15. The fourth-order valence-electron chi connectivity index (χ4n) is 1.90. The Morgan fingerprint density at radius 2 is 2.09 bits per heavy atom. The van der Waals surface area contributed by atoms with Gasteiger partial charge < -0.3 is 28.4 Å². The molecule has 22 heavy (non-hydrogen) atoms. The van der Waals surface area contributed by atoms with Crippen molar-refractivity contribution in [2.45, 2.75) is 32.9 Å². The molecular formula is C13H20Cl2N4O2S. The number of anilines is 1. The molecule has 2 aromatic rings. The summed E-state index contributed by atoms with van der Waals surface area (Å²) in [5.74, 6) is 1.15. The summed E-state index contributed by atoms with van der Waals surface area (Å²) in [5.41, 5.74) is 9.80. The number of aryl methyl sites for hydroxylation is 1. The van der Waals surface area contributed by atoms with Crippen LogP contribution in [-0.4, -0.2) is 32.9 Å². The van der Waals surface area contributed by atoms with Crippen molar-refractivity contribution in [2.75, 3.05) is 12.3 Å². The van der Waals surface area contributed by atoms with Gasteiger partial charge in [-0.15, -0.1) is 12.4 Å². The Labute approximate surface area is 145 Å². The molecule has 0 spiro atoms. The van der Waals surface area contributed by atoms with Gasteiger partial charge in [0.15, 0.2) is 12.2 Å². The molecule has 0 fully saturated rings. The quantitative estimate of drug-likeness (QED) is 0.504. The fraction of sp³-hybridized carbons (Fsp3) is 0.462. The van der Waals surface area contributed by atoms with E-state index in [1.165, 1.54) is 0 Å². The maximum Gasteiger partial charge on any atom is 0.225 e. The largest absolute Gasteiger partial charge is 1.00 e. The first-order valence-electron chi connectivity index (χ1n) is 6.34. The summed E-state index contributed by atoms with van der Waals surface area (Å²) in [6.45, 7) is 4.17. The molecule has 0 saturated heterocycles. The lowest BCUT2D eigenvalue weighted by molar-refractivity contribution is -0.689. The molecule has 124 valence electrons. The summed E-state index contributed by atoms with van der Waals surface area (Å²) < 4.78 is 2.05. The van der Waals surface area contributed by atoms with Gasteiger partial charge in [-0.05, 0) is 6.92 Å². The van der Waals surface area contributed by atoms with E-state index in [9.17, 15) is 5.11 Å². The molecule has 0 aliphatic rings. The van der Waals surface area contributed by atoms with Crippen LogP contribution in [0.1, 0.15) is 22.0 Å². The summed E-state index contributed by atoms with van der Waals surface area (Å²) in [5, 5.41) is 18.4. The first kappa shape index (κ1) is 21.0. The van der Waals surface area contributed by atoms with Crippen LogP contribution in [0.3, 0.4) is 0 Å². The summed E-state index contributed by atoms with van der Waals surface area (Å²) >= 11 is 1.56. The van der Waals surface area contributed by atoms with E-state index in [-0.39, 0.29) is 31.4 Å². The van der Waals surface area contributed by atoms with Gasteiger partial charge in [0.05, 0.1) is 23.2 Å². The Balaban J connectivity index is 0.00000220. The molecule has 4 N–H and O–H groups in total. The minimum Gasteiger partial charge on any atom is -1.00 e. The number of nitrogen functional groups attached to an aromatic ring is 1. The van der Waals surface area contributed by atoms with Gasteiger partial charge in [-0.1, -0.05) is 11.3 Å². The second-order valence-electron chi connectivity index (χ2n) is 4.73. The van der Waals surface area contributed by atoms with Crippen LogP contribution in [0.2, 0.25) is 0 Å². The number of halogens is 2. The number of rotatable bonds is 5. The standard InChI is InChI=1S/C13H19N4O2S.2ClH/c1-8-12(3-11(19)6-18)20-7-17(8)5-10-4-15-9(2)16-13(10)14;;/h4,7,11,18-19H,3,5-6H2,1-2H3,(H2,14,15,16);2*1H/q+1;;/p-1. The smallest absolute Gasteiger partial charge is 0.225 e. The molecule has 0 saturated carbocycles. The number of aliphatic hydroxyl groups excluding tert-OH is 2. The predicted molar refractivity (Wildman–Crippen MR) is 83.6 cm³/mol. The van der Waals surface area contributed by atoms with E-state index in [1.54, 1.807) is 24.5 Å². The Bertz CT molecular complexity index is 610. The van der Waals surface area contributed by atoms with Gasteiger partial charge >= 0.3 is 0 Å². The van der Waals surface area contributed by atoms with Gasteiger partial charge in [0.1, 0.15) is 11.6 Å². The van der Waals surface area contributed by atoms with E-state index >= 15 is 0 Å². The van der Waals surface area contributed by atoms with E-state index in [0.717, 1.165) is 16.1 Å². The van der Waals surface area contributed by atoms with E-state index in [2.05, 4.69) is 14.5 Å². The molecule has 0 bridgehead atoms. The highest BCUT2D eigenvalue weighted by atomic mass is 35.5. The molecule has 1 unspecified atom stereocenters. The minimum absolute atomic E-state index is 0. The van der Waals surface area contributed by atoms with Crippen molar-refractivity contribution in [2.24, 2.45) is 0 Å². The monoisotopic (exact) mass is 366 g/mol. The Morgan fingerprint density at radius 1 is 1.41 bits per heavy atom. The number of nitrogens with two attached hydrogens (primary N) is 1. The van der Waals surface area contributed by atoms with Crippen LogP contribution in [0.25, 0.3) is 0 Å². The van der Waals surface area contributed by atoms with Crippen molar-refractivity contribution in [1.29, 1.82) is 0 Å². The van der Waals surface area contributed by atoms with E-state index in [0.29, 0.717) is 24.6 Å². The van der Waals surface area contributed by atoms with Crippen LogP contribution < -0.4 is 22.7 Å². The van der Waals surface area contributed by atoms with Crippen LogP contribution in [0.5, 0.6) is 0 Å². The van der Waals surface area contributed by atoms with Crippen molar-refractivity contribution in [3.05, 3.63) is 33.7 Å². The third kappa shape index (κ3) is 5.03. The lowest BCUT2D eigenvalue weighted by atomic mass is 10.2. The summed E-state index contributed by atoms with van der Waals surface area (Å²) in [6.07, 6.45) is 1.48. The van der Waals surface area contributed by atoms with Gasteiger partial charge in [0, 0.05) is 19.5 Å². The molecule has 9 heteroatoms. The lowest BCUT2D eigenvalue weighted by Crippen LogP contribution is -3.00. The van der Waals surface area contributed by atoms with Crippen molar-refractivity contribution in [3.8, 4) is 0 Å². The van der Waals surface area contributed by atoms with Gasteiger partial charge in [-0.25, -0.2) is 9.97 Å². The minimum atomic E-state index is -0.714. The summed E-state index contributed by atoms with van der Waals surface area (Å²) in [6, 6.07) is 0. The van der Waals surface area contributed by atoms with Crippen molar-refractivity contribution < 1.29 is 27.2 Å². The molecule has 0 radical (unpaired) electrons. The van der Waals surface area contributed by atoms with Crippen LogP contribution in [0.4, 0.5) is 5.82 Å². The Morgan fingerprint density at radius 3 is 2.68 bits per heavy atom. The maximum absolute atomic E-state index is 9.52. The SMILES string of the molecule is Cc1ncc(C[n+]2csc(CC(O)CO)c2C)c(N)n1.Cl.[Cl-]. The van der Waals surface area contributed by atoms with Crippen molar-refractivity contribution in [1.82, 2.24) is 9.97 Å². The predicted octanol–water partition coefficient (Wildman–Crippen LogP) is -2.61. The first-order chi connectivity index (χ1) is 9.51. The van der Waals surface area contributed by atoms with Gasteiger partial charge in [-0.3, -0.25) is 0 Å². The van der Waals surface area contributed by atoms with Crippen LogP contribution in [0, 0.1) is 13.8 Å². The molecule has 6 nitrogen and oxygen atoms in total. The third-order valence-corrected chi connectivity index (χ3v) is 4.25. The molecule has 0 aromatic carbocycles. The topological polar surface area (TPSA) is 96.1 Å². The Kier molecular flexibility index (Phi) is 8.80. The Hall–Kier alpha value is -0.990. The average molecular weight is 367 g/mol. The molecule has 0 aliphatic heterocycles. The van der Waals surface area contributed by atoms with Crippen molar-refractivity contribution in [3.63, 3.8) is 0 Å². The third-order valence-electron chi connectivity index (χ3n) is 3.15. The van der Waals surface area contributed by atoms with E-state index in [1.807, 2.05) is 12.4 Å². The number of hydrogen-bond donors (Lipinski definition) is 3. The van der Waals surface area contributed by atoms with E-state index < -0.39 is 6.10 Å². The zero-order valence-corrected chi connectivity index (χ0v) is 14.8. The normalized spacial score (nSPS) is 11.5. The second-order valence-corrected chi connectivity index (χ2v) is 5.67. The first-order valence-corrected chi connectivity index (χ1v) is 7.22. The second kappa shape index (κ2) is 9.22. The number of thiazole rings is 1. The zero-order chi connectivity index (χ0) is 14.7. The molecular weight excluding hydrogens is 347 g/mol. The zero-order valence-electron chi connectivity index (χ0n) is 12.4. The number of nitrogens with zero attached hydrogens (tertiary/aromatic N) is 3. The van der Waals surface area contributed by atoms with E-state index in [4.69, 9.17) is 10.8 Å². The van der Waals surface area contributed by atoms with Crippen LogP contribution >= 0.6 is 23.7 Å².